The highest BCUT2D eigenvalue weighted by molar-refractivity contribution is 5.65. The van der Waals surface area contributed by atoms with Crippen LogP contribution in [0.15, 0.2) is 42.6 Å². The Kier molecular flexibility index (Phi) is 9.38. The van der Waals surface area contributed by atoms with E-state index in [1.54, 1.807) is 0 Å². The Morgan fingerprint density at radius 1 is 1.22 bits per heavy atom. The molecule has 202 valence electrons. The molecule has 0 amide bonds. The molecule has 1 aromatic heterocycles. The number of unbranched alkanes of at least 4 members (excludes halogenated alkanes) is 3. The second-order valence-corrected chi connectivity index (χ2v) is 11.5. The fourth-order valence-corrected chi connectivity index (χ4v) is 5.65. The van der Waals surface area contributed by atoms with Crippen molar-refractivity contribution in [3.05, 3.63) is 70.9 Å². The maximum Gasteiger partial charge on any atom is 0.123 e. The van der Waals surface area contributed by atoms with Crippen LogP contribution in [0.1, 0.15) is 69.0 Å². The Bertz CT molecular complexity index is 1050. The van der Waals surface area contributed by atoms with Crippen LogP contribution in [0, 0.1) is 12.7 Å². The Morgan fingerprint density at radius 3 is 2.76 bits per heavy atom. The number of anilines is 1. The highest BCUT2D eigenvalue weighted by Crippen LogP contribution is 2.42. The van der Waals surface area contributed by atoms with Gasteiger partial charge in [0, 0.05) is 62.1 Å². The summed E-state index contributed by atoms with van der Waals surface area (Å²) in [7, 11) is 0. The molecule has 2 aliphatic rings. The molecule has 0 spiro atoms. The van der Waals surface area contributed by atoms with Gasteiger partial charge in [0.05, 0.1) is 11.4 Å². The summed E-state index contributed by atoms with van der Waals surface area (Å²) in [5.41, 5.74) is 6.77. The number of aryl methyl sites for hydroxylation is 1. The van der Waals surface area contributed by atoms with Crippen molar-refractivity contribution >= 4 is 5.69 Å². The lowest BCUT2D eigenvalue weighted by Gasteiger charge is -2.38. The number of aromatic nitrogens is 1. The highest BCUT2D eigenvalue weighted by Gasteiger charge is 2.39. The van der Waals surface area contributed by atoms with Crippen molar-refractivity contribution in [1.82, 2.24) is 20.5 Å². The average Bonchev–Trinajstić information content (AvgIpc) is 3.13. The van der Waals surface area contributed by atoms with Crippen molar-refractivity contribution in [2.45, 2.75) is 71.3 Å². The Hall–Kier alpha value is -2.28. The third-order valence-electron chi connectivity index (χ3n) is 7.92. The zero-order chi connectivity index (χ0) is 26.4. The second-order valence-electron chi connectivity index (χ2n) is 11.5. The zero-order valence-electron chi connectivity index (χ0n) is 23.4. The molecule has 2 aliphatic heterocycles. The topological polar surface area (TPSA) is 43.4 Å². The monoisotopic (exact) mass is 507 g/mol. The van der Waals surface area contributed by atoms with Gasteiger partial charge in [-0.2, -0.15) is 0 Å². The van der Waals surface area contributed by atoms with Crippen molar-refractivity contribution in [2.75, 3.05) is 50.7 Å². The smallest absolute Gasteiger partial charge is 0.123 e. The van der Waals surface area contributed by atoms with Crippen LogP contribution in [-0.2, 0) is 11.8 Å². The van der Waals surface area contributed by atoms with Gasteiger partial charge < -0.3 is 15.5 Å². The molecule has 0 aliphatic carbocycles. The molecule has 0 bridgehead atoms. The number of benzene rings is 1. The van der Waals surface area contributed by atoms with Crippen LogP contribution in [0.25, 0.3) is 0 Å². The molecule has 1 aromatic carbocycles. The van der Waals surface area contributed by atoms with Crippen molar-refractivity contribution in [3.63, 3.8) is 0 Å². The normalized spacial score (nSPS) is 19.3. The van der Waals surface area contributed by atoms with E-state index in [0.29, 0.717) is 6.04 Å². The second kappa shape index (κ2) is 12.5. The standard InChI is InChI=1S/C31H46FN5/c1-6-7-8-9-14-33-19-28-20-34-15-16-36(28)21-23(2)37-22-31(4,5)30-29(37)18-26(24(3)35-30)17-25-10-12-27(32)13-11-25/h10-13,18,28,33-34H,2,6-9,14-17,19-22H2,1,3-5H3. The molecule has 0 radical (unpaired) electrons. The summed E-state index contributed by atoms with van der Waals surface area (Å²) in [4.78, 5) is 10.1. The van der Waals surface area contributed by atoms with Gasteiger partial charge in [0.2, 0.25) is 0 Å². The minimum atomic E-state index is -0.199. The van der Waals surface area contributed by atoms with E-state index in [1.807, 2.05) is 12.1 Å². The van der Waals surface area contributed by atoms with Gasteiger partial charge in [-0.05, 0) is 55.6 Å². The van der Waals surface area contributed by atoms with Crippen LogP contribution in [0.4, 0.5) is 10.1 Å². The molecule has 1 unspecified atom stereocenters. The lowest BCUT2D eigenvalue weighted by atomic mass is 9.90. The fraction of sp³-hybridized carbons (Fsp3) is 0.581. The van der Waals surface area contributed by atoms with E-state index in [2.05, 4.69) is 60.8 Å². The summed E-state index contributed by atoms with van der Waals surface area (Å²) in [6, 6.07) is 9.57. The first-order chi connectivity index (χ1) is 17.8. The predicted molar refractivity (Wildman–Crippen MR) is 153 cm³/mol. The first-order valence-corrected chi connectivity index (χ1v) is 14.1. The van der Waals surface area contributed by atoms with E-state index < -0.39 is 0 Å². The minimum absolute atomic E-state index is 0.0413. The number of rotatable bonds is 12. The summed E-state index contributed by atoms with van der Waals surface area (Å²) < 4.78 is 13.4. The van der Waals surface area contributed by atoms with Crippen LogP contribution in [0.5, 0.6) is 0 Å². The molecular weight excluding hydrogens is 461 g/mol. The fourth-order valence-electron chi connectivity index (χ4n) is 5.65. The van der Waals surface area contributed by atoms with Crippen LogP contribution < -0.4 is 15.5 Å². The van der Waals surface area contributed by atoms with Gasteiger partial charge in [-0.15, -0.1) is 0 Å². The number of fused-ring (bicyclic) bond motifs is 1. The van der Waals surface area contributed by atoms with Gasteiger partial charge in [-0.25, -0.2) is 4.39 Å². The molecule has 4 rings (SSSR count). The third kappa shape index (κ3) is 6.98. The van der Waals surface area contributed by atoms with E-state index in [-0.39, 0.29) is 11.2 Å². The molecule has 37 heavy (non-hydrogen) atoms. The number of piperazine rings is 1. The quantitative estimate of drug-likeness (QED) is 0.388. The molecule has 3 heterocycles. The third-order valence-corrected chi connectivity index (χ3v) is 7.92. The summed E-state index contributed by atoms with van der Waals surface area (Å²) in [5, 5.41) is 7.28. The predicted octanol–water partition coefficient (Wildman–Crippen LogP) is 5.17. The number of nitrogens with one attached hydrogen (secondary N) is 2. The number of halogens is 1. The summed E-state index contributed by atoms with van der Waals surface area (Å²) in [6.07, 6.45) is 5.92. The molecule has 1 atom stereocenters. The highest BCUT2D eigenvalue weighted by atomic mass is 19.1. The number of pyridine rings is 1. The van der Waals surface area contributed by atoms with Gasteiger partial charge in [-0.1, -0.05) is 58.7 Å². The van der Waals surface area contributed by atoms with Crippen LogP contribution in [0.2, 0.25) is 0 Å². The van der Waals surface area contributed by atoms with E-state index in [1.165, 1.54) is 49.1 Å². The van der Waals surface area contributed by atoms with E-state index in [0.717, 1.165) is 74.9 Å². The number of hydrogen-bond donors (Lipinski definition) is 2. The lowest BCUT2D eigenvalue weighted by Crippen LogP contribution is -2.56. The van der Waals surface area contributed by atoms with Crippen molar-refractivity contribution in [2.24, 2.45) is 0 Å². The molecule has 2 aromatic rings. The maximum atomic E-state index is 13.4. The van der Waals surface area contributed by atoms with Gasteiger partial charge in [-0.3, -0.25) is 9.88 Å². The van der Waals surface area contributed by atoms with Crippen LogP contribution in [0.3, 0.4) is 0 Å². The molecule has 1 saturated heterocycles. The average molecular weight is 508 g/mol. The number of nitrogens with zero attached hydrogens (tertiary/aromatic N) is 3. The zero-order valence-corrected chi connectivity index (χ0v) is 23.4. The van der Waals surface area contributed by atoms with E-state index >= 15 is 0 Å². The molecule has 2 N–H and O–H groups in total. The summed E-state index contributed by atoms with van der Waals surface area (Å²) >= 11 is 0. The van der Waals surface area contributed by atoms with Gasteiger partial charge in [0.1, 0.15) is 5.82 Å². The molecule has 6 heteroatoms. The first kappa shape index (κ1) is 27.7. The van der Waals surface area contributed by atoms with Gasteiger partial charge in [0.25, 0.3) is 0 Å². The van der Waals surface area contributed by atoms with Gasteiger partial charge in [0.15, 0.2) is 0 Å². The van der Waals surface area contributed by atoms with Crippen LogP contribution in [-0.4, -0.2) is 61.7 Å². The van der Waals surface area contributed by atoms with Gasteiger partial charge >= 0.3 is 0 Å². The van der Waals surface area contributed by atoms with Crippen LogP contribution >= 0.6 is 0 Å². The Morgan fingerprint density at radius 2 is 2.00 bits per heavy atom. The molecule has 1 fully saturated rings. The molecular formula is C31H46FN5. The van der Waals surface area contributed by atoms with Crippen molar-refractivity contribution in [1.29, 1.82) is 0 Å². The summed E-state index contributed by atoms with van der Waals surface area (Å²) in [6.45, 7) is 20.4. The van der Waals surface area contributed by atoms with E-state index in [4.69, 9.17) is 4.98 Å². The van der Waals surface area contributed by atoms with Crippen molar-refractivity contribution in [3.8, 4) is 0 Å². The lowest BCUT2D eigenvalue weighted by molar-refractivity contribution is 0.170. The largest absolute Gasteiger partial charge is 0.342 e. The van der Waals surface area contributed by atoms with Crippen molar-refractivity contribution < 1.29 is 4.39 Å². The molecule has 5 nitrogen and oxygen atoms in total. The SMILES string of the molecule is C=C(CN1CCNCC1CNCCCCCC)N1CC(C)(C)c2nc(C)c(Cc3ccc(F)cc3)cc21. The minimum Gasteiger partial charge on any atom is -0.342 e. The molecule has 0 saturated carbocycles. The summed E-state index contributed by atoms with van der Waals surface area (Å²) in [5.74, 6) is -0.199. The first-order valence-electron chi connectivity index (χ1n) is 14.1. The number of hydrogen-bond acceptors (Lipinski definition) is 5. The van der Waals surface area contributed by atoms with E-state index in [9.17, 15) is 4.39 Å². The maximum absolute atomic E-state index is 13.4. The Balaban J connectivity index is 1.45. The Labute approximate surface area is 223 Å².